The molecule has 1 aliphatic carbocycles. The van der Waals surface area contributed by atoms with Crippen LogP contribution in [0.1, 0.15) is 63.6 Å². The first kappa shape index (κ1) is 16.2. The highest BCUT2D eigenvalue weighted by Crippen LogP contribution is 2.67. The molecule has 1 aliphatic heterocycles. The number of pyridine rings is 1. The zero-order valence-electron chi connectivity index (χ0n) is 15.5. The van der Waals surface area contributed by atoms with Crippen molar-refractivity contribution in [2.75, 3.05) is 0 Å². The summed E-state index contributed by atoms with van der Waals surface area (Å²) in [5.41, 5.74) is 7.86. The molecule has 1 aromatic carbocycles. The molecule has 1 nitrogen and oxygen atoms in total. The molecule has 2 heterocycles. The van der Waals surface area contributed by atoms with Gasteiger partial charge in [0.2, 0.25) is 5.69 Å². The molecule has 0 saturated heterocycles. The van der Waals surface area contributed by atoms with E-state index >= 15 is 0 Å². The van der Waals surface area contributed by atoms with Crippen molar-refractivity contribution in [1.29, 1.82) is 0 Å². The molecule has 4 rings (SSSR count). The molecule has 2 aliphatic rings. The highest BCUT2D eigenvalue weighted by molar-refractivity contribution is 5.69. The maximum atomic E-state index is 2.58. The van der Waals surface area contributed by atoms with Crippen molar-refractivity contribution < 1.29 is 4.57 Å². The lowest BCUT2D eigenvalue weighted by Gasteiger charge is -2.29. The predicted molar refractivity (Wildman–Crippen MR) is 97.7 cm³/mol. The summed E-state index contributed by atoms with van der Waals surface area (Å²) in [7, 11) is 0. The number of hydrogen-bond acceptors (Lipinski definition) is 0. The molecule has 23 heavy (non-hydrogen) atoms. The van der Waals surface area contributed by atoms with Crippen LogP contribution in [0.2, 0.25) is 0 Å². The lowest BCUT2D eigenvalue weighted by Crippen LogP contribution is -2.54. The van der Waals surface area contributed by atoms with E-state index in [0.29, 0.717) is 11.0 Å². The predicted octanol–water partition coefficient (Wildman–Crippen LogP) is 5.45. The molecule has 1 saturated carbocycles. The van der Waals surface area contributed by atoms with Gasteiger partial charge in [0.05, 0.1) is 11.0 Å². The van der Waals surface area contributed by atoms with Crippen LogP contribution >= 0.6 is 0 Å². The Morgan fingerprint density at radius 3 is 2.30 bits per heavy atom. The van der Waals surface area contributed by atoms with Gasteiger partial charge in [0.15, 0.2) is 11.7 Å². The van der Waals surface area contributed by atoms with Gasteiger partial charge in [0.25, 0.3) is 0 Å². The van der Waals surface area contributed by atoms with Crippen molar-refractivity contribution in [3.63, 3.8) is 0 Å². The average Bonchev–Trinajstić information content (AvgIpc) is 3.28. The van der Waals surface area contributed by atoms with Gasteiger partial charge in [-0.25, -0.2) is 0 Å². The molecular weight excluding hydrogens is 278 g/mol. The molecular formula is C22H30N+. The summed E-state index contributed by atoms with van der Waals surface area (Å²) in [6.07, 6.45) is 6.07. The zero-order chi connectivity index (χ0) is 16.8. The van der Waals surface area contributed by atoms with Crippen LogP contribution in [0.3, 0.4) is 0 Å². The van der Waals surface area contributed by atoms with Crippen LogP contribution in [0.15, 0.2) is 36.5 Å². The van der Waals surface area contributed by atoms with E-state index in [9.17, 15) is 0 Å². The molecule has 0 spiro atoms. The van der Waals surface area contributed by atoms with Crippen molar-refractivity contribution in [3.05, 3.63) is 53.2 Å². The molecule has 122 valence electrons. The van der Waals surface area contributed by atoms with E-state index in [4.69, 9.17) is 0 Å². The standard InChI is InChI=1S/C20H24N.C2H6/c1-5-19-13-20(19,6-2)21-10-9-15(4)12-18(21)16-8-7-14(3)11-17(16)19;1-2/h7-12H,5-6,13H2,1-4H3;1-2H3/q+1;. The van der Waals surface area contributed by atoms with Crippen LogP contribution in [0, 0.1) is 13.8 Å². The Kier molecular flexibility index (Phi) is 3.86. The first-order valence-corrected chi connectivity index (χ1v) is 9.22. The number of aryl methyl sites for hydroxylation is 2. The van der Waals surface area contributed by atoms with Gasteiger partial charge in [0, 0.05) is 25.0 Å². The summed E-state index contributed by atoms with van der Waals surface area (Å²) in [6, 6.07) is 11.7. The summed E-state index contributed by atoms with van der Waals surface area (Å²) in [6.45, 7) is 13.1. The maximum absolute atomic E-state index is 2.58. The summed E-state index contributed by atoms with van der Waals surface area (Å²) in [4.78, 5) is 0. The van der Waals surface area contributed by atoms with Gasteiger partial charge in [-0.1, -0.05) is 45.4 Å². The second-order valence-corrected chi connectivity index (χ2v) is 7.01. The fourth-order valence-electron chi connectivity index (χ4n) is 4.86. The number of nitrogens with zero attached hydrogens (tertiary/aromatic N) is 1. The van der Waals surface area contributed by atoms with Crippen molar-refractivity contribution >= 4 is 0 Å². The highest BCUT2D eigenvalue weighted by Gasteiger charge is 2.76. The molecule has 1 aromatic heterocycles. The number of hydrogen-bond donors (Lipinski definition) is 0. The lowest BCUT2D eigenvalue weighted by atomic mass is 9.79. The van der Waals surface area contributed by atoms with E-state index in [-0.39, 0.29) is 0 Å². The zero-order valence-corrected chi connectivity index (χ0v) is 15.5. The third kappa shape index (κ3) is 1.95. The van der Waals surface area contributed by atoms with Crippen molar-refractivity contribution in [2.45, 2.75) is 71.8 Å². The summed E-state index contributed by atoms with van der Waals surface area (Å²) >= 11 is 0. The minimum atomic E-state index is 0.311. The van der Waals surface area contributed by atoms with Gasteiger partial charge in [-0.15, -0.1) is 0 Å². The smallest absolute Gasteiger partial charge is 0.192 e. The Labute approximate surface area is 141 Å². The molecule has 2 aromatic rings. The third-order valence-corrected chi connectivity index (χ3v) is 6.09. The van der Waals surface area contributed by atoms with Crippen molar-refractivity contribution in [2.24, 2.45) is 0 Å². The van der Waals surface area contributed by atoms with Crippen molar-refractivity contribution in [1.82, 2.24) is 0 Å². The van der Waals surface area contributed by atoms with E-state index < -0.39 is 0 Å². The third-order valence-electron chi connectivity index (χ3n) is 6.09. The molecule has 0 bridgehead atoms. The summed E-state index contributed by atoms with van der Waals surface area (Å²) in [5, 5.41) is 0. The largest absolute Gasteiger partial charge is 0.213 e. The van der Waals surface area contributed by atoms with E-state index in [1.54, 1.807) is 5.56 Å². The summed E-state index contributed by atoms with van der Waals surface area (Å²) < 4.78 is 2.58. The Hall–Kier alpha value is -1.63. The van der Waals surface area contributed by atoms with Gasteiger partial charge >= 0.3 is 0 Å². The quantitative estimate of drug-likeness (QED) is 0.649. The van der Waals surface area contributed by atoms with E-state index in [1.165, 1.54) is 41.6 Å². The van der Waals surface area contributed by atoms with E-state index in [0.717, 1.165) is 0 Å². The molecule has 2 atom stereocenters. The Morgan fingerprint density at radius 2 is 1.65 bits per heavy atom. The van der Waals surface area contributed by atoms with Gasteiger partial charge in [-0.3, -0.25) is 0 Å². The Balaban J connectivity index is 0.000000753. The molecule has 0 radical (unpaired) electrons. The van der Waals surface area contributed by atoms with Gasteiger partial charge in [-0.2, -0.15) is 4.57 Å². The number of rotatable bonds is 2. The first-order chi connectivity index (χ1) is 11.1. The Morgan fingerprint density at radius 1 is 0.957 bits per heavy atom. The number of aromatic nitrogens is 1. The van der Waals surface area contributed by atoms with Crippen LogP contribution in [0.25, 0.3) is 11.3 Å². The molecule has 0 amide bonds. The van der Waals surface area contributed by atoms with Gasteiger partial charge in [-0.05, 0) is 37.5 Å². The topological polar surface area (TPSA) is 3.88 Å². The van der Waals surface area contributed by atoms with Crippen LogP contribution in [0.4, 0.5) is 0 Å². The first-order valence-electron chi connectivity index (χ1n) is 9.22. The lowest BCUT2D eigenvalue weighted by molar-refractivity contribution is -0.735. The van der Waals surface area contributed by atoms with Gasteiger partial charge < -0.3 is 0 Å². The second kappa shape index (κ2) is 5.47. The summed E-state index contributed by atoms with van der Waals surface area (Å²) in [5.74, 6) is 0. The number of fused-ring (bicyclic) bond motifs is 6. The SMILES string of the molecule is CC.CCC12CC1(CC)[n+]1ccc(C)cc1-c1ccc(C)cc12. The molecule has 1 fully saturated rings. The fourth-order valence-corrected chi connectivity index (χ4v) is 4.86. The van der Waals surface area contributed by atoms with E-state index in [2.05, 4.69) is 68.8 Å². The average molecular weight is 308 g/mol. The number of benzene rings is 1. The molecule has 1 heteroatoms. The minimum Gasteiger partial charge on any atom is -0.192 e. The second-order valence-electron chi connectivity index (χ2n) is 7.01. The fraction of sp³-hybridized carbons (Fsp3) is 0.500. The highest BCUT2D eigenvalue weighted by atomic mass is 15.2. The van der Waals surface area contributed by atoms with Crippen LogP contribution in [-0.2, 0) is 11.0 Å². The van der Waals surface area contributed by atoms with Gasteiger partial charge in [0.1, 0.15) is 0 Å². The molecule has 2 unspecified atom stereocenters. The van der Waals surface area contributed by atoms with Crippen LogP contribution < -0.4 is 4.57 Å². The maximum Gasteiger partial charge on any atom is 0.213 e. The normalized spacial score (nSPS) is 26.3. The van der Waals surface area contributed by atoms with Crippen LogP contribution in [-0.4, -0.2) is 0 Å². The van der Waals surface area contributed by atoms with Crippen molar-refractivity contribution in [3.8, 4) is 11.3 Å². The Bertz CT molecular complexity index is 746. The van der Waals surface area contributed by atoms with E-state index in [1.807, 2.05) is 13.8 Å². The minimum absolute atomic E-state index is 0.311. The molecule has 0 N–H and O–H groups in total. The monoisotopic (exact) mass is 308 g/mol. The van der Waals surface area contributed by atoms with Crippen LogP contribution in [0.5, 0.6) is 0 Å².